The van der Waals surface area contributed by atoms with Gasteiger partial charge in [-0.25, -0.2) is 0 Å². The average Bonchev–Trinajstić information content (AvgIpc) is 2.62. The summed E-state index contributed by atoms with van der Waals surface area (Å²) in [5.74, 6) is -0.0921. The van der Waals surface area contributed by atoms with Crippen molar-refractivity contribution in [1.82, 2.24) is 0 Å². The Kier molecular flexibility index (Phi) is 12.6. The lowest BCUT2D eigenvalue weighted by Crippen LogP contribution is -2.45. The molecule has 3 nitrogen and oxygen atoms in total. The van der Waals surface area contributed by atoms with Gasteiger partial charge in [-0.3, -0.25) is 4.79 Å². The predicted octanol–water partition coefficient (Wildman–Crippen LogP) is 5.64. The SMILES string of the molecule is CCCCCCCC/C=C\CCCCCCCC1(O)CC(=O)C=C[C@@H]1O. The minimum absolute atomic E-state index is 0.0497. The molecule has 3 heteroatoms. The Balaban J connectivity index is 1.91. The van der Waals surface area contributed by atoms with Gasteiger partial charge in [-0.1, -0.05) is 76.9 Å². The monoisotopic (exact) mass is 364 g/mol. The zero-order valence-corrected chi connectivity index (χ0v) is 16.8. The molecule has 0 heterocycles. The van der Waals surface area contributed by atoms with Crippen molar-refractivity contribution in [2.24, 2.45) is 0 Å². The molecule has 26 heavy (non-hydrogen) atoms. The highest BCUT2D eigenvalue weighted by atomic mass is 16.3. The molecular formula is C23H40O3. The van der Waals surface area contributed by atoms with E-state index in [9.17, 15) is 15.0 Å². The molecule has 0 saturated carbocycles. The standard InChI is InChI=1S/C23H40O3/c1-2-3-4-5-6-7-8-9-10-11-12-13-14-15-16-19-23(26)20-21(24)17-18-22(23)25/h9-10,17-18,22,25-26H,2-8,11-16,19-20H2,1H3/b10-9-/t22-,23?/m0/s1. The van der Waals surface area contributed by atoms with E-state index in [2.05, 4.69) is 19.1 Å². The van der Waals surface area contributed by atoms with E-state index in [0.717, 1.165) is 25.7 Å². The van der Waals surface area contributed by atoms with Gasteiger partial charge in [-0.15, -0.1) is 0 Å². The summed E-state index contributed by atoms with van der Waals surface area (Å²) in [4.78, 5) is 11.4. The van der Waals surface area contributed by atoms with Gasteiger partial charge in [0.05, 0.1) is 0 Å². The molecular weight excluding hydrogens is 324 g/mol. The zero-order valence-electron chi connectivity index (χ0n) is 16.8. The maximum absolute atomic E-state index is 11.4. The van der Waals surface area contributed by atoms with Gasteiger partial charge in [-0.2, -0.15) is 0 Å². The van der Waals surface area contributed by atoms with Gasteiger partial charge in [0.1, 0.15) is 11.7 Å². The minimum atomic E-state index is -1.24. The summed E-state index contributed by atoms with van der Waals surface area (Å²) in [5.41, 5.74) is -1.24. The van der Waals surface area contributed by atoms with Crippen LogP contribution in [0, 0.1) is 0 Å². The predicted molar refractivity (Wildman–Crippen MR) is 109 cm³/mol. The molecule has 0 aromatic heterocycles. The third-order valence-corrected chi connectivity index (χ3v) is 5.37. The topological polar surface area (TPSA) is 57.5 Å². The van der Waals surface area contributed by atoms with Gasteiger partial charge >= 0.3 is 0 Å². The Labute approximate surface area is 160 Å². The smallest absolute Gasteiger partial charge is 0.158 e. The molecule has 0 bridgehead atoms. The quantitative estimate of drug-likeness (QED) is 0.292. The number of carbonyl (C=O) groups excluding carboxylic acids is 1. The van der Waals surface area contributed by atoms with E-state index in [0.29, 0.717) is 6.42 Å². The van der Waals surface area contributed by atoms with E-state index in [1.54, 1.807) is 0 Å². The number of ketones is 1. The van der Waals surface area contributed by atoms with Crippen LogP contribution in [0.3, 0.4) is 0 Å². The highest BCUT2D eigenvalue weighted by Gasteiger charge is 2.37. The molecule has 0 aromatic rings. The number of aliphatic hydroxyl groups is 2. The summed E-state index contributed by atoms with van der Waals surface area (Å²) in [5, 5.41) is 20.2. The van der Waals surface area contributed by atoms with Crippen molar-refractivity contribution < 1.29 is 15.0 Å². The summed E-state index contributed by atoms with van der Waals surface area (Å²) in [7, 11) is 0. The number of hydrogen-bond acceptors (Lipinski definition) is 3. The van der Waals surface area contributed by atoms with Gasteiger partial charge in [0.15, 0.2) is 5.78 Å². The molecule has 0 radical (unpaired) electrons. The van der Waals surface area contributed by atoms with Crippen LogP contribution in [0.25, 0.3) is 0 Å². The molecule has 0 aliphatic heterocycles. The van der Waals surface area contributed by atoms with Crippen LogP contribution in [0.5, 0.6) is 0 Å². The number of unbranched alkanes of at least 4 members (excludes halogenated alkanes) is 11. The largest absolute Gasteiger partial charge is 0.386 e. The third kappa shape index (κ3) is 10.3. The molecule has 150 valence electrons. The fourth-order valence-corrected chi connectivity index (χ4v) is 3.58. The van der Waals surface area contributed by atoms with E-state index in [4.69, 9.17) is 0 Å². The van der Waals surface area contributed by atoms with Crippen molar-refractivity contribution in [1.29, 1.82) is 0 Å². The average molecular weight is 365 g/mol. The Morgan fingerprint density at radius 2 is 1.50 bits per heavy atom. The highest BCUT2D eigenvalue weighted by Crippen LogP contribution is 2.28. The molecule has 2 atom stereocenters. The molecule has 0 amide bonds. The van der Waals surface area contributed by atoms with Crippen LogP contribution >= 0.6 is 0 Å². The van der Waals surface area contributed by atoms with E-state index >= 15 is 0 Å². The second-order valence-corrected chi connectivity index (χ2v) is 7.88. The van der Waals surface area contributed by atoms with Crippen molar-refractivity contribution in [3.8, 4) is 0 Å². The molecule has 2 N–H and O–H groups in total. The number of carbonyl (C=O) groups is 1. The van der Waals surface area contributed by atoms with E-state index in [1.807, 2.05) is 0 Å². The number of rotatable bonds is 15. The molecule has 1 aliphatic rings. The van der Waals surface area contributed by atoms with Crippen LogP contribution in [0.1, 0.15) is 103 Å². The third-order valence-electron chi connectivity index (χ3n) is 5.37. The fourth-order valence-electron chi connectivity index (χ4n) is 3.58. The summed E-state index contributed by atoms with van der Waals surface area (Å²) in [6, 6.07) is 0. The van der Waals surface area contributed by atoms with Crippen molar-refractivity contribution in [3.05, 3.63) is 24.3 Å². The maximum atomic E-state index is 11.4. The Bertz CT molecular complexity index is 427. The lowest BCUT2D eigenvalue weighted by molar-refractivity contribution is -0.127. The number of allylic oxidation sites excluding steroid dienone is 3. The maximum Gasteiger partial charge on any atom is 0.158 e. The van der Waals surface area contributed by atoms with Crippen molar-refractivity contribution >= 4 is 5.78 Å². The lowest BCUT2D eigenvalue weighted by atomic mass is 9.82. The Morgan fingerprint density at radius 1 is 0.962 bits per heavy atom. The second kappa shape index (κ2) is 14.2. The molecule has 0 aromatic carbocycles. The van der Waals surface area contributed by atoms with Gasteiger partial charge in [0, 0.05) is 6.42 Å². The van der Waals surface area contributed by atoms with Gasteiger partial charge in [0.25, 0.3) is 0 Å². The molecule has 1 aliphatic carbocycles. The van der Waals surface area contributed by atoms with Gasteiger partial charge in [0.2, 0.25) is 0 Å². The normalized spacial score (nSPS) is 23.2. The molecule has 0 fully saturated rings. The van der Waals surface area contributed by atoms with Crippen molar-refractivity contribution in [2.75, 3.05) is 0 Å². The first kappa shape index (κ1) is 23.1. The second-order valence-electron chi connectivity index (χ2n) is 7.88. The molecule has 0 spiro atoms. The van der Waals surface area contributed by atoms with Gasteiger partial charge < -0.3 is 10.2 Å². The van der Waals surface area contributed by atoms with Crippen molar-refractivity contribution in [3.63, 3.8) is 0 Å². The van der Waals surface area contributed by atoms with Crippen LogP contribution in [0.15, 0.2) is 24.3 Å². The summed E-state index contributed by atoms with van der Waals surface area (Å²) >= 11 is 0. The van der Waals surface area contributed by atoms with Crippen LogP contribution in [0.2, 0.25) is 0 Å². The Morgan fingerprint density at radius 3 is 2.12 bits per heavy atom. The first-order valence-corrected chi connectivity index (χ1v) is 10.8. The first-order chi connectivity index (χ1) is 12.6. The first-order valence-electron chi connectivity index (χ1n) is 10.8. The lowest BCUT2D eigenvalue weighted by Gasteiger charge is -2.33. The van der Waals surface area contributed by atoms with E-state index < -0.39 is 11.7 Å². The minimum Gasteiger partial charge on any atom is -0.386 e. The summed E-state index contributed by atoms with van der Waals surface area (Å²) in [6.45, 7) is 2.26. The number of hydrogen-bond donors (Lipinski definition) is 2. The zero-order chi connectivity index (χ0) is 19.1. The van der Waals surface area contributed by atoms with Crippen LogP contribution in [-0.2, 0) is 4.79 Å². The van der Waals surface area contributed by atoms with Gasteiger partial charge in [-0.05, 0) is 44.3 Å². The van der Waals surface area contributed by atoms with E-state index in [-0.39, 0.29) is 12.2 Å². The fraction of sp³-hybridized carbons (Fsp3) is 0.783. The van der Waals surface area contributed by atoms with Crippen molar-refractivity contribution in [2.45, 2.75) is 115 Å². The van der Waals surface area contributed by atoms with Crippen LogP contribution in [0.4, 0.5) is 0 Å². The molecule has 1 unspecified atom stereocenters. The van der Waals surface area contributed by atoms with Crippen LogP contribution in [-0.4, -0.2) is 27.7 Å². The van der Waals surface area contributed by atoms with E-state index in [1.165, 1.54) is 69.9 Å². The highest BCUT2D eigenvalue weighted by molar-refractivity contribution is 5.91. The summed E-state index contributed by atoms with van der Waals surface area (Å²) in [6.07, 6.45) is 23.2. The summed E-state index contributed by atoms with van der Waals surface area (Å²) < 4.78 is 0. The molecule has 1 rings (SSSR count). The Hall–Kier alpha value is -0.930. The number of aliphatic hydroxyl groups excluding tert-OH is 1. The van der Waals surface area contributed by atoms with Crippen LogP contribution < -0.4 is 0 Å². The molecule has 0 saturated heterocycles.